The molecule has 0 fully saturated rings. The minimum Gasteiger partial charge on any atom is -0.486 e. The number of nitrogens with zero attached hydrogens (tertiary/aromatic N) is 4. The molecule has 34 heavy (non-hydrogen) atoms. The molecule has 0 saturated heterocycles. The highest BCUT2D eigenvalue weighted by Crippen LogP contribution is 2.34. The average molecular weight is 520 g/mol. The number of benzene rings is 1. The molecule has 0 saturated carbocycles. The molecule has 1 atom stereocenters. The molecule has 0 bridgehead atoms. The second-order valence-electron chi connectivity index (χ2n) is 7.76. The maximum atomic E-state index is 14.9. The summed E-state index contributed by atoms with van der Waals surface area (Å²) >= 11 is 12.5. The molecular formula is C23H20Cl2FN5O2S. The molecule has 11 heteroatoms. The number of pyridine rings is 2. The predicted octanol–water partition coefficient (Wildman–Crippen LogP) is 6.63. The third-order valence-electron chi connectivity index (χ3n) is 4.77. The summed E-state index contributed by atoms with van der Waals surface area (Å²) in [6, 6.07) is 8.36. The van der Waals surface area contributed by atoms with Gasteiger partial charge in [0.2, 0.25) is 0 Å². The van der Waals surface area contributed by atoms with Gasteiger partial charge >= 0.3 is 0 Å². The lowest BCUT2D eigenvalue weighted by Gasteiger charge is -2.17. The van der Waals surface area contributed by atoms with Crippen LogP contribution in [0.5, 0.6) is 5.75 Å². The Morgan fingerprint density at radius 1 is 1.18 bits per heavy atom. The first-order chi connectivity index (χ1) is 16.1. The Bertz CT molecular complexity index is 1480. The fourth-order valence-electron chi connectivity index (χ4n) is 3.28. The quantitative estimate of drug-likeness (QED) is 0.308. The standard InChI is InChI=1S/C23H20Cl2FN5O2S/c1-13(23-17(24)11-27-12-18(23)25)33-15-5-6-20-16(8-15)21(30-29-20)9-19(26)14-4-7-22(28-10-14)31-34(2,3)32/h4-13H,1-3H3,(H,29,30)/b19-9-. The number of nitrogens with one attached hydrogen (secondary N) is 1. The van der Waals surface area contributed by atoms with Gasteiger partial charge in [0.15, 0.2) is 5.82 Å². The van der Waals surface area contributed by atoms with Crippen LogP contribution in [0.3, 0.4) is 0 Å². The second kappa shape index (κ2) is 9.69. The summed E-state index contributed by atoms with van der Waals surface area (Å²) in [5, 5.41) is 8.57. The van der Waals surface area contributed by atoms with Crippen molar-refractivity contribution >= 4 is 61.6 Å². The average Bonchev–Trinajstić information content (AvgIpc) is 3.15. The number of aromatic amines is 1. The van der Waals surface area contributed by atoms with E-state index in [1.165, 1.54) is 49.3 Å². The highest BCUT2D eigenvalue weighted by Gasteiger charge is 2.17. The minimum atomic E-state index is -2.35. The van der Waals surface area contributed by atoms with Crippen molar-refractivity contribution < 1.29 is 13.3 Å². The molecule has 1 N–H and O–H groups in total. The molecule has 0 aliphatic heterocycles. The number of hydrogen-bond donors (Lipinski definition) is 1. The molecule has 0 spiro atoms. The van der Waals surface area contributed by atoms with Gasteiger partial charge in [0.05, 0.1) is 21.3 Å². The maximum Gasteiger partial charge on any atom is 0.161 e. The van der Waals surface area contributed by atoms with Crippen LogP contribution < -0.4 is 4.74 Å². The van der Waals surface area contributed by atoms with Gasteiger partial charge < -0.3 is 4.74 Å². The summed E-state index contributed by atoms with van der Waals surface area (Å²) in [6.45, 7) is 1.82. The third-order valence-corrected chi connectivity index (χ3v) is 6.00. The Labute approximate surface area is 206 Å². The van der Waals surface area contributed by atoms with Crippen molar-refractivity contribution in [3.8, 4) is 5.75 Å². The molecule has 0 aliphatic carbocycles. The summed E-state index contributed by atoms with van der Waals surface area (Å²) in [4.78, 5) is 8.02. The van der Waals surface area contributed by atoms with Gasteiger partial charge in [0, 0.05) is 63.4 Å². The molecule has 4 aromatic rings. The van der Waals surface area contributed by atoms with Gasteiger partial charge in [-0.3, -0.25) is 10.1 Å². The van der Waals surface area contributed by atoms with Crippen molar-refractivity contribution in [2.75, 3.05) is 12.5 Å². The van der Waals surface area contributed by atoms with Gasteiger partial charge in [0.1, 0.15) is 17.7 Å². The molecule has 3 aromatic heterocycles. The first-order valence-electron chi connectivity index (χ1n) is 10.0. The van der Waals surface area contributed by atoms with E-state index in [4.69, 9.17) is 27.9 Å². The van der Waals surface area contributed by atoms with E-state index in [0.29, 0.717) is 38.0 Å². The van der Waals surface area contributed by atoms with E-state index in [0.717, 1.165) is 0 Å². The topological polar surface area (TPSA) is 93.1 Å². The zero-order chi connectivity index (χ0) is 24.5. The van der Waals surface area contributed by atoms with Crippen molar-refractivity contribution in [3.05, 3.63) is 75.8 Å². The van der Waals surface area contributed by atoms with Crippen LogP contribution in [0.25, 0.3) is 22.8 Å². The van der Waals surface area contributed by atoms with E-state index >= 15 is 0 Å². The molecule has 3 heterocycles. The number of H-pyrrole nitrogens is 1. The molecule has 1 unspecified atom stereocenters. The van der Waals surface area contributed by atoms with E-state index in [-0.39, 0.29) is 11.4 Å². The Morgan fingerprint density at radius 3 is 2.56 bits per heavy atom. The smallest absolute Gasteiger partial charge is 0.161 e. The summed E-state index contributed by atoms with van der Waals surface area (Å²) in [7, 11) is -2.35. The van der Waals surface area contributed by atoms with Gasteiger partial charge in [-0.05, 0) is 37.3 Å². The number of rotatable bonds is 6. The van der Waals surface area contributed by atoms with Crippen LogP contribution in [0.1, 0.15) is 29.8 Å². The van der Waals surface area contributed by atoms with Crippen LogP contribution in [0, 0.1) is 0 Å². The van der Waals surface area contributed by atoms with Crippen LogP contribution in [-0.4, -0.2) is 36.9 Å². The lowest BCUT2D eigenvalue weighted by atomic mass is 10.1. The van der Waals surface area contributed by atoms with Gasteiger partial charge in [-0.15, -0.1) is 0 Å². The van der Waals surface area contributed by atoms with Crippen molar-refractivity contribution in [2.24, 2.45) is 4.36 Å². The Kier molecular flexibility index (Phi) is 6.88. The molecule has 4 rings (SSSR count). The third kappa shape index (κ3) is 5.55. The van der Waals surface area contributed by atoms with E-state index in [1.54, 1.807) is 18.2 Å². The van der Waals surface area contributed by atoms with Gasteiger partial charge in [-0.25, -0.2) is 13.6 Å². The molecule has 0 amide bonds. The number of halogens is 3. The molecular weight excluding hydrogens is 500 g/mol. The SMILES string of the molecule is CC(Oc1ccc2[nH]nc(/C=C(\F)c3ccc(N=S(C)(C)=O)nc3)c2c1)c1c(Cl)cncc1Cl. The van der Waals surface area contributed by atoms with E-state index in [9.17, 15) is 8.60 Å². The summed E-state index contributed by atoms with van der Waals surface area (Å²) in [6.07, 6.45) is 8.22. The van der Waals surface area contributed by atoms with Crippen molar-refractivity contribution in [1.29, 1.82) is 0 Å². The lowest BCUT2D eigenvalue weighted by Crippen LogP contribution is -2.05. The lowest BCUT2D eigenvalue weighted by molar-refractivity contribution is 0.227. The first-order valence-corrected chi connectivity index (χ1v) is 13.1. The monoisotopic (exact) mass is 519 g/mol. The van der Waals surface area contributed by atoms with Crippen LogP contribution in [0.4, 0.5) is 10.2 Å². The highest BCUT2D eigenvalue weighted by molar-refractivity contribution is 7.92. The van der Waals surface area contributed by atoms with E-state index < -0.39 is 21.7 Å². The van der Waals surface area contributed by atoms with Crippen LogP contribution >= 0.6 is 23.2 Å². The zero-order valence-electron chi connectivity index (χ0n) is 18.4. The Morgan fingerprint density at radius 2 is 1.91 bits per heavy atom. The number of hydrogen-bond acceptors (Lipinski definition) is 6. The van der Waals surface area contributed by atoms with Crippen molar-refractivity contribution in [1.82, 2.24) is 20.2 Å². The number of ether oxygens (including phenoxy) is 1. The largest absolute Gasteiger partial charge is 0.486 e. The van der Waals surface area contributed by atoms with Gasteiger partial charge in [-0.2, -0.15) is 9.46 Å². The normalized spacial score (nSPS) is 13.2. The number of aromatic nitrogens is 4. The Hall–Kier alpha value is -3.01. The molecule has 0 radical (unpaired) electrons. The number of fused-ring (bicyclic) bond motifs is 1. The highest BCUT2D eigenvalue weighted by atomic mass is 35.5. The summed E-state index contributed by atoms with van der Waals surface area (Å²) in [5.74, 6) is 0.286. The van der Waals surface area contributed by atoms with Crippen molar-refractivity contribution in [3.63, 3.8) is 0 Å². The zero-order valence-corrected chi connectivity index (χ0v) is 20.7. The molecule has 0 aliphatic rings. The van der Waals surface area contributed by atoms with E-state index in [2.05, 4.69) is 24.5 Å². The summed E-state index contributed by atoms with van der Waals surface area (Å²) in [5.41, 5.74) is 1.98. The Balaban J connectivity index is 1.61. The fourth-order valence-corrected chi connectivity index (χ4v) is 4.51. The second-order valence-corrected chi connectivity index (χ2v) is 11.1. The van der Waals surface area contributed by atoms with Crippen LogP contribution in [0.15, 0.2) is 53.3 Å². The van der Waals surface area contributed by atoms with Crippen LogP contribution in [0.2, 0.25) is 10.0 Å². The van der Waals surface area contributed by atoms with Gasteiger partial charge in [0.25, 0.3) is 0 Å². The molecule has 1 aromatic carbocycles. The maximum absolute atomic E-state index is 14.9. The predicted molar refractivity (Wildman–Crippen MR) is 135 cm³/mol. The first kappa shape index (κ1) is 24.1. The summed E-state index contributed by atoms with van der Waals surface area (Å²) < 4.78 is 36.8. The fraction of sp³-hybridized carbons (Fsp3) is 0.174. The molecule has 176 valence electrons. The minimum absolute atomic E-state index is 0.247. The van der Waals surface area contributed by atoms with Crippen molar-refractivity contribution in [2.45, 2.75) is 13.0 Å². The van der Waals surface area contributed by atoms with Crippen LogP contribution in [-0.2, 0) is 9.73 Å². The molecule has 7 nitrogen and oxygen atoms in total. The van der Waals surface area contributed by atoms with E-state index in [1.807, 2.05) is 6.92 Å². The van der Waals surface area contributed by atoms with Gasteiger partial charge in [-0.1, -0.05) is 23.2 Å².